The molecule has 0 heterocycles. The average molecular weight is 360 g/mol. The van der Waals surface area contributed by atoms with Crippen LogP contribution in [-0.4, -0.2) is 18.4 Å². The van der Waals surface area contributed by atoms with Crippen LogP contribution in [-0.2, 0) is 9.53 Å². The summed E-state index contributed by atoms with van der Waals surface area (Å²) in [5.41, 5.74) is 7.88. The number of anilines is 1. The maximum absolute atomic E-state index is 12.4. The zero-order valence-electron chi connectivity index (χ0n) is 14.7. The maximum atomic E-state index is 12.4. The Bertz CT molecular complexity index is 872. The van der Waals surface area contributed by atoms with Gasteiger partial charge in [-0.05, 0) is 23.3 Å². The number of ether oxygens (including phenoxy) is 1. The van der Waals surface area contributed by atoms with Crippen LogP contribution in [0, 0.1) is 0 Å². The summed E-state index contributed by atoms with van der Waals surface area (Å²) < 4.78 is 5.92. The van der Waals surface area contributed by atoms with Gasteiger partial charge in [-0.1, -0.05) is 72.8 Å². The predicted octanol–water partition coefficient (Wildman–Crippen LogP) is 3.53. The molecule has 3 aromatic rings. The van der Waals surface area contributed by atoms with Gasteiger partial charge in [0.2, 0.25) is 5.91 Å². The molecule has 0 atom stereocenters. The molecular weight excluding hydrogens is 340 g/mol. The SMILES string of the molecule is NC(=O)c1ccccc1NC(=O)COC(c1ccccc1)c1ccccc1. The van der Waals surface area contributed by atoms with Crippen LogP contribution in [0.1, 0.15) is 27.6 Å². The number of amides is 2. The van der Waals surface area contributed by atoms with E-state index in [2.05, 4.69) is 5.32 Å². The first kappa shape index (κ1) is 18.4. The zero-order valence-corrected chi connectivity index (χ0v) is 14.7. The number of hydrogen-bond donors (Lipinski definition) is 2. The lowest BCUT2D eigenvalue weighted by Crippen LogP contribution is -2.23. The molecule has 3 N–H and O–H groups in total. The first-order valence-corrected chi connectivity index (χ1v) is 8.55. The topological polar surface area (TPSA) is 81.4 Å². The lowest BCUT2D eigenvalue weighted by molar-refractivity contribution is -0.121. The second-order valence-corrected chi connectivity index (χ2v) is 5.97. The van der Waals surface area contributed by atoms with E-state index < -0.39 is 5.91 Å². The quantitative estimate of drug-likeness (QED) is 0.676. The average Bonchev–Trinajstić information content (AvgIpc) is 2.70. The van der Waals surface area contributed by atoms with Crippen molar-refractivity contribution in [2.75, 3.05) is 11.9 Å². The fourth-order valence-corrected chi connectivity index (χ4v) is 2.79. The van der Waals surface area contributed by atoms with Crippen molar-refractivity contribution in [1.29, 1.82) is 0 Å². The van der Waals surface area contributed by atoms with Gasteiger partial charge in [0, 0.05) is 0 Å². The summed E-state index contributed by atoms with van der Waals surface area (Å²) in [7, 11) is 0. The van der Waals surface area contributed by atoms with Crippen molar-refractivity contribution in [3.63, 3.8) is 0 Å². The van der Waals surface area contributed by atoms with Gasteiger partial charge >= 0.3 is 0 Å². The van der Waals surface area contributed by atoms with Crippen LogP contribution in [0.3, 0.4) is 0 Å². The molecule has 0 aliphatic carbocycles. The molecule has 0 saturated carbocycles. The third-order valence-electron chi connectivity index (χ3n) is 4.05. The highest BCUT2D eigenvalue weighted by molar-refractivity contribution is 6.03. The number of carbonyl (C=O) groups excluding carboxylic acids is 2. The molecule has 0 spiro atoms. The van der Waals surface area contributed by atoms with Gasteiger partial charge in [0.25, 0.3) is 5.91 Å². The minimum absolute atomic E-state index is 0.165. The van der Waals surface area contributed by atoms with Crippen LogP contribution >= 0.6 is 0 Å². The molecule has 0 fully saturated rings. The lowest BCUT2D eigenvalue weighted by atomic mass is 10.0. The van der Waals surface area contributed by atoms with Gasteiger partial charge in [-0.25, -0.2) is 0 Å². The van der Waals surface area contributed by atoms with Gasteiger partial charge in [-0.3, -0.25) is 9.59 Å². The van der Waals surface area contributed by atoms with E-state index >= 15 is 0 Å². The monoisotopic (exact) mass is 360 g/mol. The van der Waals surface area contributed by atoms with Crippen LogP contribution < -0.4 is 11.1 Å². The number of nitrogens with one attached hydrogen (secondary N) is 1. The van der Waals surface area contributed by atoms with E-state index in [0.29, 0.717) is 5.69 Å². The summed E-state index contributed by atoms with van der Waals surface area (Å²) in [6, 6.07) is 26.0. The van der Waals surface area contributed by atoms with Gasteiger partial charge in [0.05, 0.1) is 11.3 Å². The summed E-state index contributed by atoms with van der Waals surface area (Å²) in [5, 5.41) is 2.69. The third-order valence-corrected chi connectivity index (χ3v) is 4.05. The molecule has 0 saturated heterocycles. The molecule has 136 valence electrons. The van der Waals surface area contributed by atoms with Gasteiger partial charge in [0.15, 0.2) is 0 Å². The lowest BCUT2D eigenvalue weighted by Gasteiger charge is -2.19. The zero-order chi connectivity index (χ0) is 19.1. The normalized spacial score (nSPS) is 10.6. The minimum Gasteiger partial charge on any atom is -0.366 e. The number of nitrogens with two attached hydrogens (primary N) is 1. The Kier molecular flexibility index (Phi) is 5.97. The van der Waals surface area contributed by atoms with Crippen molar-refractivity contribution in [3.8, 4) is 0 Å². The molecule has 5 heteroatoms. The summed E-state index contributed by atoms with van der Waals surface area (Å²) in [4.78, 5) is 23.8. The number of para-hydroxylation sites is 1. The summed E-state index contributed by atoms with van der Waals surface area (Å²) in [5.74, 6) is -0.959. The van der Waals surface area contributed by atoms with Crippen LogP contribution in [0.4, 0.5) is 5.69 Å². The van der Waals surface area contributed by atoms with Gasteiger partial charge in [-0.15, -0.1) is 0 Å². The van der Waals surface area contributed by atoms with Crippen molar-refractivity contribution in [3.05, 3.63) is 102 Å². The van der Waals surface area contributed by atoms with Crippen molar-refractivity contribution in [2.24, 2.45) is 5.73 Å². The first-order chi connectivity index (χ1) is 13.1. The molecule has 0 aliphatic heterocycles. The highest BCUT2D eigenvalue weighted by Crippen LogP contribution is 2.25. The Morgan fingerprint density at radius 2 is 1.33 bits per heavy atom. The van der Waals surface area contributed by atoms with E-state index in [0.717, 1.165) is 11.1 Å². The highest BCUT2D eigenvalue weighted by atomic mass is 16.5. The standard InChI is InChI=1S/C22H20N2O3/c23-22(26)18-13-7-8-14-19(18)24-20(25)15-27-21(16-9-3-1-4-10-16)17-11-5-2-6-12-17/h1-14,21H,15H2,(H2,23,26)(H,24,25). The van der Waals surface area contributed by atoms with E-state index in [-0.39, 0.29) is 24.2 Å². The number of rotatable bonds is 7. The predicted molar refractivity (Wildman–Crippen MR) is 104 cm³/mol. The minimum atomic E-state index is -0.599. The molecular formula is C22H20N2O3. The molecule has 0 unspecified atom stereocenters. The Morgan fingerprint density at radius 3 is 1.89 bits per heavy atom. The second-order valence-electron chi connectivity index (χ2n) is 5.97. The fraction of sp³-hybridized carbons (Fsp3) is 0.0909. The number of primary amides is 1. The number of carbonyl (C=O) groups is 2. The first-order valence-electron chi connectivity index (χ1n) is 8.55. The Morgan fingerprint density at radius 1 is 0.815 bits per heavy atom. The van der Waals surface area contributed by atoms with E-state index in [9.17, 15) is 9.59 Å². The fourth-order valence-electron chi connectivity index (χ4n) is 2.79. The summed E-state index contributed by atoms with van der Waals surface area (Å²) in [6.07, 6.45) is -0.371. The molecule has 0 radical (unpaired) electrons. The molecule has 3 aromatic carbocycles. The Hall–Kier alpha value is -3.44. The molecule has 2 amide bonds. The van der Waals surface area contributed by atoms with E-state index in [1.165, 1.54) is 0 Å². The van der Waals surface area contributed by atoms with Gasteiger partial charge in [-0.2, -0.15) is 0 Å². The Balaban J connectivity index is 1.73. The molecule has 0 aliphatic rings. The van der Waals surface area contributed by atoms with Gasteiger partial charge in [0.1, 0.15) is 12.7 Å². The third kappa shape index (κ3) is 4.80. The summed E-state index contributed by atoms with van der Waals surface area (Å²) in [6.45, 7) is -0.165. The van der Waals surface area contributed by atoms with Crippen LogP contribution in [0.25, 0.3) is 0 Å². The van der Waals surface area contributed by atoms with Crippen molar-refractivity contribution in [1.82, 2.24) is 0 Å². The van der Waals surface area contributed by atoms with Crippen LogP contribution in [0.5, 0.6) is 0 Å². The number of benzene rings is 3. The van der Waals surface area contributed by atoms with E-state index in [4.69, 9.17) is 10.5 Å². The van der Waals surface area contributed by atoms with Crippen molar-refractivity contribution in [2.45, 2.75) is 6.10 Å². The van der Waals surface area contributed by atoms with E-state index in [1.54, 1.807) is 24.3 Å². The smallest absolute Gasteiger partial charge is 0.250 e. The molecule has 0 aromatic heterocycles. The molecule has 3 rings (SSSR count). The summed E-state index contributed by atoms with van der Waals surface area (Å²) >= 11 is 0. The van der Waals surface area contributed by atoms with Crippen molar-refractivity contribution >= 4 is 17.5 Å². The molecule has 27 heavy (non-hydrogen) atoms. The maximum Gasteiger partial charge on any atom is 0.250 e. The highest BCUT2D eigenvalue weighted by Gasteiger charge is 2.17. The van der Waals surface area contributed by atoms with Crippen LogP contribution in [0.2, 0.25) is 0 Å². The van der Waals surface area contributed by atoms with Gasteiger partial charge < -0.3 is 15.8 Å². The largest absolute Gasteiger partial charge is 0.366 e. The number of hydrogen-bond acceptors (Lipinski definition) is 3. The molecule has 0 bridgehead atoms. The second kappa shape index (κ2) is 8.78. The van der Waals surface area contributed by atoms with Crippen LogP contribution in [0.15, 0.2) is 84.9 Å². The Labute approximate surface area is 157 Å². The molecule has 5 nitrogen and oxygen atoms in total. The van der Waals surface area contributed by atoms with E-state index in [1.807, 2.05) is 60.7 Å². The van der Waals surface area contributed by atoms with Crippen molar-refractivity contribution < 1.29 is 14.3 Å².